The average Bonchev–Trinajstić information content (AvgIpc) is 2.91. The fourth-order valence-electron chi connectivity index (χ4n) is 2.89. The van der Waals surface area contributed by atoms with Gasteiger partial charge in [0.05, 0.1) is 6.04 Å². The number of aryl methyl sites for hydroxylation is 1. The van der Waals surface area contributed by atoms with Gasteiger partial charge in [0.2, 0.25) is 5.89 Å². The summed E-state index contributed by atoms with van der Waals surface area (Å²) in [4.78, 5) is 6.80. The third-order valence-corrected chi connectivity index (χ3v) is 4.19. The Hall–Kier alpha value is -1.75. The first-order valence-electron chi connectivity index (χ1n) is 7.41. The van der Waals surface area contributed by atoms with Gasteiger partial charge in [-0.1, -0.05) is 17.6 Å². The minimum absolute atomic E-state index is 0.214. The van der Waals surface area contributed by atoms with E-state index in [4.69, 9.17) is 4.52 Å². The van der Waals surface area contributed by atoms with E-state index in [0.717, 1.165) is 24.1 Å². The van der Waals surface area contributed by atoms with Crippen LogP contribution in [0.15, 0.2) is 22.7 Å². The zero-order chi connectivity index (χ0) is 14.8. The summed E-state index contributed by atoms with van der Waals surface area (Å²) >= 11 is 0. The Morgan fingerprint density at radius 3 is 3.00 bits per heavy atom. The summed E-state index contributed by atoms with van der Waals surface area (Å²) in [6.07, 6.45) is 4.06. The zero-order valence-corrected chi connectivity index (χ0v) is 12.5. The van der Waals surface area contributed by atoms with Gasteiger partial charge < -0.3 is 4.52 Å². The Kier molecular flexibility index (Phi) is 4.01. The number of likely N-dealkylation sites (tertiary alicyclic amines) is 1. The maximum absolute atomic E-state index is 13.1. The largest absolute Gasteiger partial charge is 0.338 e. The normalized spacial score (nSPS) is 19.9. The summed E-state index contributed by atoms with van der Waals surface area (Å²) in [6.45, 7) is 2.97. The van der Waals surface area contributed by atoms with Crippen LogP contribution in [0.4, 0.5) is 4.39 Å². The van der Waals surface area contributed by atoms with Gasteiger partial charge in [-0.2, -0.15) is 4.98 Å². The predicted octanol–water partition coefficient (Wildman–Crippen LogP) is 3.26. The second-order valence-electron chi connectivity index (χ2n) is 5.79. The van der Waals surface area contributed by atoms with Crippen LogP contribution in [0.2, 0.25) is 0 Å². The molecule has 1 aromatic carbocycles. The molecule has 1 aliphatic rings. The van der Waals surface area contributed by atoms with Crippen molar-refractivity contribution in [2.75, 3.05) is 13.6 Å². The predicted molar refractivity (Wildman–Crippen MR) is 77.5 cm³/mol. The fourth-order valence-corrected chi connectivity index (χ4v) is 2.89. The van der Waals surface area contributed by atoms with Crippen molar-refractivity contribution in [1.82, 2.24) is 15.0 Å². The molecular formula is C16H20FN3O. The summed E-state index contributed by atoms with van der Waals surface area (Å²) in [7, 11) is 2.10. The molecule has 0 aliphatic carbocycles. The lowest BCUT2D eigenvalue weighted by Crippen LogP contribution is -2.29. The van der Waals surface area contributed by atoms with E-state index < -0.39 is 0 Å². The third-order valence-electron chi connectivity index (χ3n) is 4.19. The second-order valence-corrected chi connectivity index (χ2v) is 5.79. The molecule has 1 unspecified atom stereocenters. The molecule has 2 heterocycles. The smallest absolute Gasteiger partial charge is 0.243 e. The third kappa shape index (κ3) is 3.13. The van der Waals surface area contributed by atoms with Crippen molar-refractivity contribution < 1.29 is 8.91 Å². The van der Waals surface area contributed by atoms with Crippen LogP contribution in [0.25, 0.3) is 0 Å². The number of aromatic nitrogens is 2. The standard InChI is InChI=1S/C16H20FN3O/c1-11-9-13(17)7-6-12(11)10-15-18-16(21-19-15)14-5-3-4-8-20(14)2/h6-7,9,14H,3-5,8,10H2,1-2H3. The van der Waals surface area contributed by atoms with Crippen LogP contribution in [0.3, 0.4) is 0 Å². The minimum Gasteiger partial charge on any atom is -0.338 e. The van der Waals surface area contributed by atoms with Gasteiger partial charge in [-0.15, -0.1) is 0 Å². The highest BCUT2D eigenvalue weighted by atomic mass is 19.1. The summed E-state index contributed by atoms with van der Waals surface area (Å²) < 4.78 is 18.6. The molecule has 0 amide bonds. The molecule has 0 N–H and O–H groups in total. The molecule has 3 rings (SSSR count). The summed E-state index contributed by atoms with van der Waals surface area (Å²) in [5.41, 5.74) is 1.94. The van der Waals surface area contributed by atoms with Crippen LogP contribution in [0, 0.1) is 12.7 Å². The Balaban J connectivity index is 1.75. The molecule has 2 aromatic rings. The average molecular weight is 289 g/mol. The van der Waals surface area contributed by atoms with Gasteiger partial charge in [0.15, 0.2) is 5.82 Å². The van der Waals surface area contributed by atoms with E-state index >= 15 is 0 Å². The topological polar surface area (TPSA) is 42.2 Å². The van der Waals surface area contributed by atoms with Gasteiger partial charge in [-0.25, -0.2) is 4.39 Å². The van der Waals surface area contributed by atoms with Crippen LogP contribution in [0.5, 0.6) is 0 Å². The molecule has 1 fully saturated rings. The Morgan fingerprint density at radius 1 is 1.38 bits per heavy atom. The molecule has 0 saturated carbocycles. The lowest BCUT2D eigenvalue weighted by atomic mass is 10.0. The fraction of sp³-hybridized carbons (Fsp3) is 0.500. The second kappa shape index (κ2) is 5.93. The number of benzene rings is 1. The highest BCUT2D eigenvalue weighted by Gasteiger charge is 2.26. The molecule has 112 valence electrons. The molecule has 1 atom stereocenters. The Morgan fingerprint density at radius 2 is 2.24 bits per heavy atom. The van der Waals surface area contributed by atoms with E-state index in [0.29, 0.717) is 18.1 Å². The van der Waals surface area contributed by atoms with E-state index in [1.165, 1.54) is 25.0 Å². The molecule has 0 spiro atoms. The highest BCUT2D eigenvalue weighted by Crippen LogP contribution is 2.28. The Labute approximate surface area is 124 Å². The van der Waals surface area contributed by atoms with Gasteiger partial charge in [0, 0.05) is 6.42 Å². The van der Waals surface area contributed by atoms with Crippen molar-refractivity contribution in [2.24, 2.45) is 0 Å². The van der Waals surface area contributed by atoms with E-state index in [1.54, 1.807) is 6.07 Å². The molecule has 1 aliphatic heterocycles. The lowest BCUT2D eigenvalue weighted by Gasteiger charge is -2.29. The molecule has 21 heavy (non-hydrogen) atoms. The molecule has 4 nitrogen and oxygen atoms in total. The number of halogens is 1. The SMILES string of the molecule is Cc1cc(F)ccc1Cc1noc(C2CCCCN2C)n1. The molecular weight excluding hydrogens is 269 g/mol. The first kappa shape index (κ1) is 14.2. The summed E-state index contributed by atoms with van der Waals surface area (Å²) in [6, 6.07) is 5.02. The van der Waals surface area contributed by atoms with E-state index in [9.17, 15) is 4.39 Å². The maximum Gasteiger partial charge on any atom is 0.243 e. The van der Waals surface area contributed by atoms with Crippen LogP contribution >= 0.6 is 0 Å². The summed E-state index contributed by atoms with van der Waals surface area (Å²) in [5, 5.41) is 4.08. The monoisotopic (exact) mass is 289 g/mol. The zero-order valence-electron chi connectivity index (χ0n) is 12.5. The minimum atomic E-state index is -0.214. The van der Waals surface area contributed by atoms with Crippen LogP contribution in [-0.4, -0.2) is 28.6 Å². The van der Waals surface area contributed by atoms with Gasteiger partial charge in [-0.05, 0) is 56.6 Å². The number of hydrogen-bond donors (Lipinski definition) is 0. The molecule has 1 aromatic heterocycles. The van der Waals surface area contributed by atoms with Gasteiger partial charge in [0.1, 0.15) is 5.82 Å². The number of rotatable bonds is 3. The van der Waals surface area contributed by atoms with Crippen molar-refractivity contribution in [1.29, 1.82) is 0 Å². The first-order chi connectivity index (χ1) is 10.1. The van der Waals surface area contributed by atoms with Crippen molar-refractivity contribution in [3.05, 3.63) is 46.9 Å². The Bertz CT molecular complexity index is 626. The van der Waals surface area contributed by atoms with Gasteiger partial charge in [0.25, 0.3) is 0 Å². The van der Waals surface area contributed by atoms with Crippen LogP contribution in [-0.2, 0) is 6.42 Å². The van der Waals surface area contributed by atoms with Gasteiger partial charge >= 0.3 is 0 Å². The maximum atomic E-state index is 13.1. The van der Waals surface area contributed by atoms with Gasteiger partial charge in [-0.3, -0.25) is 4.90 Å². The molecule has 0 bridgehead atoms. The molecule has 5 heteroatoms. The quantitative estimate of drug-likeness (QED) is 0.869. The van der Waals surface area contributed by atoms with E-state index in [2.05, 4.69) is 22.1 Å². The van der Waals surface area contributed by atoms with Crippen LogP contribution < -0.4 is 0 Å². The van der Waals surface area contributed by atoms with Crippen molar-refractivity contribution in [3.8, 4) is 0 Å². The number of nitrogens with zero attached hydrogens (tertiary/aromatic N) is 3. The lowest BCUT2D eigenvalue weighted by molar-refractivity contribution is 0.150. The van der Waals surface area contributed by atoms with Crippen molar-refractivity contribution in [3.63, 3.8) is 0 Å². The molecule has 0 radical (unpaired) electrons. The molecule has 1 saturated heterocycles. The number of hydrogen-bond acceptors (Lipinski definition) is 4. The van der Waals surface area contributed by atoms with Crippen LogP contribution in [0.1, 0.15) is 48.1 Å². The first-order valence-corrected chi connectivity index (χ1v) is 7.41. The van der Waals surface area contributed by atoms with Crippen molar-refractivity contribution >= 4 is 0 Å². The summed E-state index contributed by atoms with van der Waals surface area (Å²) in [5.74, 6) is 1.15. The van der Waals surface area contributed by atoms with Crippen molar-refractivity contribution in [2.45, 2.75) is 38.6 Å². The van der Waals surface area contributed by atoms with E-state index in [-0.39, 0.29) is 11.9 Å². The number of piperidine rings is 1. The van der Waals surface area contributed by atoms with E-state index in [1.807, 2.05) is 6.92 Å². The highest BCUT2D eigenvalue weighted by molar-refractivity contribution is 5.28.